The number of carbonyl (C=O) groups is 2. The Morgan fingerprint density at radius 3 is 2.85 bits per heavy atom. The third kappa shape index (κ3) is 5.39. The van der Waals surface area contributed by atoms with Gasteiger partial charge in [0.2, 0.25) is 5.91 Å². The molecule has 1 aromatic heterocycles. The van der Waals surface area contributed by atoms with E-state index in [0.717, 1.165) is 36.6 Å². The maximum Gasteiger partial charge on any atom is 0.220 e. The van der Waals surface area contributed by atoms with Crippen molar-refractivity contribution in [3.05, 3.63) is 47.5 Å². The molecular formula is C20H25N3O2S. The van der Waals surface area contributed by atoms with Gasteiger partial charge in [-0.2, -0.15) is 0 Å². The van der Waals surface area contributed by atoms with Crippen LogP contribution >= 0.6 is 11.3 Å². The van der Waals surface area contributed by atoms with Crippen LogP contribution in [-0.4, -0.2) is 36.3 Å². The minimum atomic E-state index is 0.0391. The number of ketones is 1. The van der Waals surface area contributed by atoms with Crippen molar-refractivity contribution in [2.45, 2.75) is 32.1 Å². The zero-order valence-electron chi connectivity index (χ0n) is 14.9. The Morgan fingerprint density at radius 2 is 2.08 bits per heavy atom. The molecule has 1 N–H and O–H groups in total. The van der Waals surface area contributed by atoms with Gasteiger partial charge in [0.05, 0.1) is 0 Å². The average Bonchev–Trinajstić information content (AvgIpc) is 3.22. The first-order valence-corrected chi connectivity index (χ1v) is 10.1. The molecule has 1 atom stereocenters. The van der Waals surface area contributed by atoms with E-state index in [1.54, 1.807) is 11.3 Å². The highest BCUT2D eigenvalue weighted by atomic mass is 32.1. The molecule has 0 radical (unpaired) electrons. The number of hydrogen-bond acceptors (Lipinski definition) is 5. The molecule has 2 aromatic rings. The molecule has 0 bridgehead atoms. The molecule has 1 aromatic carbocycles. The van der Waals surface area contributed by atoms with E-state index in [9.17, 15) is 9.59 Å². The lowest BCUT2D eigenvalue weighted by atomic mass is 9.98. The molecule has 0 aliphatic carbocycles. The van der Waals surface area contributed by atoms with E-state index in [1.807, 2.05) is 41.9 Å². The highest BCUT2D eigenvalue weighted by Crippen LogP contribution is 2.24. The first-order chi connectivity index (χ1) is 12.7. The molecule has 0 spiro atoms. The second-order valence-corrected chi connectivity index (χ2v) is 7.59. The van der Waals surface area contributed by atoms with Crippen LogP contribution in [0, 0.1) is 5.92 Å². The van der Waals surface area contributed by atoms with Gasteiger partial charge in [-0.15, -0.1) is 11.3 Å². The summed E-state index contributed by atoms with van der Waals surface area (Å²) in [4.78, 5) is 30.8. The summed E-state index contributed by atoms with van der Waals surface area (Å²) in [5.74, 6) is 0.601. The first kappa shape index (κ1) is 18.6. The van der Waals surface area contributed by atoms with E-state index >= 15 is 0 Å². The maximum absolute atomic E-state index is 12.1. The minimum Gasteiger partial charge on any atom is -0.356 e. The van der Waals surface area contributed by atoms with Crippen molar-refractivity contribution in [2.75, 3.05) is 24.5 Å². The number of Topliss-reactive ketones (excluding diaryl/α,β-unsaturated/α-hetero) is 1. The van der Waals surface area contributed by atoms with E-state index in [-0.39, 0.29) is 11.7 Å². The first-order valence-electron chi connectivity index (χ1n) is 9.22. The predicted molar refractivity (Wildman–Crippen MR) is 105 cm³/mol. The van der Waals surface area contributed by atoms with Crippen molar-refractivity contribution in [1.82, 2.24) is 10.3 Å². The summed E-state index contributed by atoms with van der Waals surface area (Å²) < 4.78 is 0. The second-order valence-electron chi connectivity index (χ2n) is 6.72. The van der Waals surface area contributed by atoms with Gasteiger partial charge in [-0.05, 0) is 25.2 Å². The number of thiazole rings is 1. The Kier molecular flexibility index (Phi) is 6.77. The van der Waals surface area contributed by atoms with E-state index in [0.29, 0.717) is 31.7 Å². The van der Waals surface area contributed by atoms with Crippen LogP contribution in [0.2, 0.25) is 0 Å². The summed E-state index contributed by atoms with van der Waals surface area (Å²) >= 11 is 1.66. The van der Waals surface area contributed by atoms with Crippen LogP contribution in [0.4, 0.5) is 5.13 Å². The highest BCUT2D eigenvalue weighted by molar-refractivity contribution is 7.13. The van der Waals surface area contributed by atoms with Crippen LogP contribution in [0.1, 0.15) is 42.5 Å². The van der Waals surface area contributed by atoms with Gasteiger partial charge in [-0.25, -0.2) is 4.98 Å². The van der Waals surface area contributed by atoms with Crippen LogP contribution in [0.25, 0.3) is 0 Å². The Labute approximate surface area is 158 Å². The Balaban J connectivity index is 1.34. The van der Waals surface area contributed by atoms with Crippen LogP contribution in [0.15, 0.2) is 41.9 Å². The molecule has 1 amide bonds. The molecule has 2 heterocycles. The smallest absolute Gasteiger partial charge is 0.220 e. The molecule has 1 unspecified atom stereocenters. The van der Waals surface area contributed by atoms with Crippen molar-refractivity contribution in [2.24, 2.45) is 5.92 Å². The minimum absolute atomic E-state index is 0.0391. The molecule has 1 saturated heterocycles. The van der Waals surface area contributed by atoms with Crippen LogP contribution < -0.4 is 10.2 Å². The van der Waals surface area contributed by atoms with E-state index in [4.69, 9.17) is 0 Å². The van der Waals surface area contributed by atoms with E-state index in [2.05, 4.69) is 15.2 Å². The number of amides is 1. The van der Waals surface area contributed by atoms with Gasteiger partial charge in [-0.1, -0.05) is 30.3 Å². The topological polar surface area (TPSA) is 62.3 Å². The molecule has 1 aliphatic heterocycles. The summed E-state index contributed by atoms with van der Waals surface area (Å²) in [6.45, 7) is 2.69. The van der Waals surface area contributed by atoms with Crippen molar-refractivity contribution in [3.8, 4) is 0 Å². The highest BCUT2D eigenvalue weighted by Gasteiger charge is 2.21. The molecule has 1 fully saturated rings. The number of aromatic nitrogens is 1. The lowest BCUT2D eigenvalue weighted by Gasteiger charge is -2.32. The lowest BCUT2D eigenvalue weighted by Crippen LogP contribution is -2.41. The molecule has 6 heteroatoms. The summed E-state index contributed by atoms with van der Waals surface area (Å²) in [7, 11) is 0. The van der Waals surface area contributed by atoms with Crippen molar-refractivity contribution in [1.29, 1.82) is 0 Å². The summed E-state index contributed by atoms with van der Waals surface area (Å²) in [5.41, 5.74) is 0.720. The van der Waals surface area contributed by atoms with Gasteiger partial charge < -0.3 is 10.2 Å². The van der Waals surface area contributed by atoms with Crippen molar-refractivity contribution >= 4 is 28.2 Å². The summed E-state index contributed by atoms with van der Waals surface area (Å²) in [6.07, 6.45) is 5.51. The van der Waals surface area contributed by atoms with Crippen LogP contribution in [-0.2, 0) is 4.79 Å². The number of anilines is 1. The van der Waals surface area contributed by atoms with E-state index < -0.39 is 0 Å². The predicted octanol–water partition coefficient (Wildman–Crippen LogP) is 3.53. The number of benzene rings is 1. The normalized spacial score (nSPS) is 17.1. The van der Waals surface area contributed by atoms with Crippen molar-refractivity contribution in [3.63, 3.8) is 0 Å². The number of hydrogen-bond donors (Lipinski definition) is 1. The third-order valence-electron chi connectivity index (χ3n) is 4.70. The molecule has 0 saturated carbocycles. The van der Waals surface area contributed by atoms with Crippen LogP contribution in [0.5, 0.6) is 0 Å². The van der Waals surface area contributed by atoms with Crippen LogP contribution in [0.3, 0.4) is 0 Å². The molecule has 3 rings (SSSR count). The standard InChI is InChI=1S/C20H25N3O2S/c24-18(17-7-2-1-3-8-17)9-4-10-19(25)22-14-16-6-5-12-23(15-16)20-21-11-13-26-20/h1-3,7-8,11,13,16H,4-6,9-10,12,14-15H2,(H,22,25). The number of rotatable bonds is 8. The average molecular weight is 372 g/mol. The largest absolute Gasteiger partial charge is 0.356 e. The second kappa shape index (κ2) is 9.48. The molecule has 5 nitrogen and oxygen atoms in total. The Bertz CT molecular complexity index is 703. The van der Waals surface area contributed by atoms with Gasteiger partial charge in [0.15, 0.2) is 10.9 Å². The van der Waals surface area contributed by atoms with Gasteiger partial charge >= 0.3 is 0 Å². The Hall–Kier alpha value is -2.21. The number of nitrogens with zero attached hydrogens (tertiary/aromatic N) is 2. The quantitative estimate of drug-likeness (QED) is 0.721. The van der Waals surface area contributed by atoms with Gasteiger partial charge in [0, 0.05) is 49.6 Å². The number of nitrogens with one attached hydrogen (secondary N) is 1. The van der Waals surface area contributed by atoms with E-state index in [1.165, 1.54) is 0 Å². The number of carbonyl (C=O) groups excluding carboxylic acids is 2. The summed E-state index contributed by atoms with van der Waals surface area (Å²) in [5, 5.41) is 6.11. The zero-order valence-corrected chi connectivity index (χ0v) is 15.7. The SMILES string of the molecule is O=C(CCCC(=O)c1ccccc1)NCC1CCCN(c2nccs2)C1. The fourth-order valence-corrected chi connectivity index (χ4v) is 3.98. The maximum atomic E-state index is 12.1. The van der Waals surface area contributed by atoms with Gasteiger partial charge in [-0.3, -0.25) is 9.59 Å². The zero-order chi connectivity index (χ0) is 18.2. The van der Waals surface area contributed by atoms with Gasteiger partial charge in [0.1, 0.15) is 0 Å². The molecule has 26 heavy (non-hydrogen) atoms. The molecule has 1 aliphatic rings. The van der Waals surface area contributed by atoms with Crippen molar-refractivity contribution < 1.29 is 9.59 Å². The monoisotopic (exact) mass is 371 g/mol. The van der Waals surface area contributed by atoms with Gasteiger partial charge in [0.25, 0.3) is 0 Å². The summed E-state index contributed by atoms with van der Waals surface area (Å²) in [6, 6.07) is 9.25. The fourth-order valence-electron chi connectivity index (χ4n) is 3.30. The fraction of sp³-hybridized carbons (Fsp3) is 0.450. The lowest BCUT2D eigenvalue weighted by molar-refractivity contribution is -0.121. The third-order valence-corrected chi connectivity index (χ3v) is 5.53. The Morgan fingerprint density at radius 1 is 1.23 bits per heavy atom. The molecular weight excluding hydrogens is 346 g/mol. The number of piperidine rings is 1. The molecule has 138 valence electrons.